The summed E-state index contributed by atoms with van der Waals surface area (Å²) in [4.78, 5) is 2.64. The molecule has 1 aromatic carbocycles. The van der Waals surface area contributed by atoms with Crippen molar-refractivity contribution in [3.63, 3.8) is 0 Å². The van der Waals surface area contributed by atoms with Crippen LogP contribution in [0.1, 0.15) is 38.5 Å². The SMILES string of the molecule is COc1ccc(S(=O)(=O)N2C[C@H]3CCC[C@H](C2)C3N2CCCCC2)cc1F. The number of sulfonamides is 1. The number of nitrogens with zero attached hydrogens (tertiary/aromatic N) is 2. The van der Waals surface area contributed by atoms with Gasteiger partial charge in [-0.25, -0.2) is 12.8 Å². The Balaban J connectivity index is 1.56. The Labute approximate surface area is 161 Å². The van der Waals surface area contributed by atoms with E-state index in [4.69, 9.17) is 4.74 Å². The number of methoxy groups -OCH3 is 1. The zero-order valence-corrected chi connectivity index (χ0v) is 16.8. The smallest absolute Gasteiger partial charge is 0.243 e. The maximum absolute atomic E-state index is 14.1. The van der Waals surface area contributed by atoms with Crippen LogP contribution in [-0.4, -0.2) is 57.0 Å². The van der Waals surface area contributed by atoms with Crippen LogP contribution in [0.25, 0.3) is 0 Å². The minimum absolute atomic E-state index is 0.0234. The first-order chi connectivity index (χ1) is 13.0. The van der Waals surface area contributed by atoms with Crippen LogP contribution in [0.4, 0.5) is 4.39 Å². The molecule has 3 aliphatic rings. The van der Waals surface area contributed by atoms with Crippen molar-refractivity contribution in [2.75, 3.05) is 33.3 Å². The summed E-state index contributed by atoms with van der Waals surface area (Å²) in [5, 5.41) is 0. The Hall–Kier alpha value is -1.18. The molecule has 0 unspecified atom stereocenters. The lowest BCUT2D eigenvalue weighted by molar-refractivity contribution is -0.00311. The van der Waals surface area contributed by atoms with Gasteiger partial charge in [0, 0.05) is 19.1 Å². The van der Waals surface area contributed by atoms with Gasteiger partial charge >= 0.3 is 0 Å². The summed E-state index contributed by atoms with van der Waals surface area (Å²) in [5.41, 5.74) is 0. The molecule has 0 radical (unpaired) electrons. The van der Waals surface area contributed by atoms with E-state index >= 15 is 0 Å². The molecule has 150 valence electrons. The van der Waals surface area contributed by atoms with Gasteiger partial charge < -0.3 is 4.74 Å². The van der Waals surface area contributed by atoms with E-state index in [0.717, 1.165) is 32.0 Å². The molecule has 2 heterocycles. The van der Waals surface area contributed by atoms with Crippen molar-refractivity contribution >= 4 is 10.0 Å². The number of hydrogen-bond acceptors (Lipinski definition) is 4. The molecule has 0 N–H and O–H groups in total. The van der Waals surface area contributed by atoms with Crippen molar-refractivity contribution < 1.29 is 17.5 Å². The number of fused-ring (bicyclic) bond motifs is 2. The average molecular weight is 397 g/mol. The van der Waals surface area contributed by atoms with Gasteiger partial charge in [-0.15, -0.1) is 0 Å². The third-order valence-electron chi connectivity index (χ3n) is 6.57. The Morgan fingerprint density at radius 1 is 1.04 bits per heavy atom. The van der Waals surface area contributed by atoms with Gasteiger partial charge in [-0.05, 0) is 68.8 Å². The monoisotopic (exact) mass is 396 g/mol. The van der Waals surface area contributed by atoms with Crippen molar-refractivity contribution in [1.82, 2.24) is 9.21 Å². The predicted molar refractivity (Wildman–Crippen MR) is 102 cm³/mol. The number of rotatable bonds is 4. The van der Waals surface area contributed by atoms with Crippen molar-refractivity contribution in [3.8, 4) is 5.75 Å². The first-order valence-electron chi connectivity index (χ1n) is 10.1. The summed E-state index contributed by atoms with van der Waals surface area (Å²) >= 11 is 0. The van der Waals surface area contributed by atoms with E-state index in [2.05, 4.69) is 4.90 Å². The largest absolute Gasteiger partial charge is 0.494 e. The third kappa shape index (κ3) is 3.61. The molecule has 3 fully saturated rings. The second-order valence-electron chi connectivity index (χ2n) is 8.16. The van der Waals surface area contributed by atoms with E-state index in [0.29, 0.717) is 31.0 Å². The number of halogens is 1. The topological polar surface area (TPSA) is 49.9 Å². The van der Waals surface area contributed by atoms with Crippen LogP contribution in [0.2, 0.25) is 0 Å². The van der Waals surface area contributed by atoms with E-state index < -0.39 is 15.8 Å². The van der Waals surface area contributed by atoms with Gasteiger partial charge in [0.25, 0.3) is 0 Å². The molecule has 0 aromatic heterocycles. The number of benzene rings is 1. The maximum atomic E-state index is 14.1. The minimum Gasteiger partial charge on any atom is -0.494 e. The fourth-order valence-electron chi connectivity index (χ4n) is 5.33. The van der Waals surface area contributed by atoms with Gasteiger partial charge in [-0.2, -0.15) is 4.31 Å². The number of ether oxygens (including phenoxy) is 1. The molecule has 1 aromatic rings. The van der Waals surface area contributed by atoms with Crippen molar-refractivity contribution in [1.29, 1.82) is 0 Å². The van der Waals surface area contributed by atoms with Gasteiger partial charge in [-0.1, -0.05) is 12.8 Å². The highest BCUT2D eigenvalue weighted by Crippen LogP contribution is 2.40. The van der Waals surface area contributed by atoms with Crippen LogP contribution in [0, 0.1) is 17.7 Å². The van der Waals surface area contributed by atoms with Crippen LogP contribution in [0.3, 0.4) is 0 Å². The van der Waals surface area contributed by atoms with Crippen molar-refractivity contribution in [2.45, 2.75) is 49.5 Å². The Morgan fingerprint density at radius 2 is 1.70 bits per heavy atom. The Morgan fingerprint density at radius 3 is 2.30 bits per heavy atom. The molecule has 0 spiro atoms. The highest BCUT2D eigenvalue weighted by atomic mass is 32.2. The molecule has 2 saturated heterocycles. The van der Waals surface area contributed by atoms with Crippen molar-refractivity contribution in [2.24, 2.45) is 11.8 Å². The molecule has 27 heavy (non-hydrogen) atoms. The predicted octanol–water partition coefficient (Wildman–Crippen LogP) is 3.11. The second-order valence-corrected chi connectivity index (χ2v) is 10.1. The summed E-state index contributed by atoms with van der Waals surface area (Å²) in [5.74, 6) is 0.193. The summed E-state index contributed by atoms with van der Waals surface area (Å²) in [6, 6.07) is 4.44. The molecular weight excluding hydrogens is 367 g/mol. The molecular formula is C20H29FN2O3S. The molecule has 5 nitrogen and oxygen atoms in total. The number of likely N-dealkylation sites (tertiary alicyclic amines) is 1. The quantitative estimate of drug-likeness (QED) is 0.785. The lowest BCUT2D eigenvalue weighted by Gasteiger charge is -2.52. The molecule has 1 aliphatic carbocycles. The average Bonchev–Trinajstić information content (AvgIpc) is 2.67. The van der Waals surface area contributed by atoms with Crippen LogP contribution in [0.5, 0.6) is 5.75 Å². The molecule has 2 atom stereocenters. The summed E-state index contributed by atoms with van der Waals surface area (Å²) in [6.45, 7) is 3.39. The summed E-state index contributed by atoms with van der Waals surface area (Å²) in [6.07, 6.45) is 7.17. The lowest BCUT2D eigenvalue weighted by atomic mass is 9.73. The van der Waals surface area contributed by atoms with E-state index in [1.165, 1.54) is 44.9 Å². The van der Waals surface area contributed by atoms with Gasteiger partial charge in [0.2, 0.25) is 10.0 Å². The first kappa shape index (κ1) is 19.2. The van der Waals surface area contributed by atoms with Crippen LogP contribution >= 0.6 is 0 Å². The molecule has 2 bridgehead atoms. The van der Waals surface area contributed by atoms with Crippen LogP contribution in [0.15, 0.2) is 23.1 Å². The van der Waals surface area contributed by atoms with E-state index in [-0.39, 0.29) is 10.6 Å². The zero-order valence-electron chi connectivity index (χ0n) is 15.9. The fraction of sp³-hybridized carbons (Fsp3) is 0.700. The zero-order chi connectivity index (χ0) is 19.0. The lowest BCUT2D eigenvalue weighted by Crippen LogP contribution is -2.59. The van der Waals surface area contributed by atoms with Gasteiger partial charge in [0.15, 0.2) is 11.6 Å². The van der Waals surface area contributed by atoms with Gasteiger partial charge in [0.05, 0.1) is 12.0 Å². The normalized spacial score (nSPS) is 30.2. The molecule has 4 rings (SSSR count). The van der Waals surface area contributed by atoms with Crippen molar-refractivity contribution in [3.05, 3.63) is 24.0 Å². The molecule has 0 amide bonds. The Kier molecular flexibility index (Phi) is 5.45. The molecule has 2 aliphatic heterocycles. The highest BCUT2D eigenvalue weighted by molar-refractivity contribution is 7.89. The standard InChI is InChI=1S/C20H29FN2O3S/c1-26-19-9-8-17(12-18(19)21)27(24,25)23-13-15-6-5-7-16(14-23)20(15)22-10-3-2-4-11-22/h8-9,12,15-16,20H,2-7,10-11,13-14H2,1H3/t15-,16-/m1/s1. The van der Waals surface area contributed by atoms with E-state index in [1.807, 2.05) is 0 Å². The van der Waals surface area contributed by atoms with Crippen LogP contribution < -0.4 is 4.74 Å². The third-order valence-corrected chi connectivity index (χ3v) is 8.39. The maximum Gasteiger partial charge on any atom is 0.243 e. The number of hydrogen-bond donors (Lipinski definition) is 0. The summed E-state index contributed by atoms with van der Waals surface area (Å²) < 4.78 is 46.9. The molecule has 1 saturated carbocycles. The van der Waals surface area contributed by atoms with Gasteiger partial charge in [-0.3, -0.25) is 4.90 Å². The number of piperidine rings is 2. The first-order valence-corrected chi connectivity index (χ1v) is 11.5. The minimum atomic E-state index is -3.69. The highest BCUT2D eigenvalue weighted by Gasteiger charge is 2.45. The second kappa shape index (κ2) is 7.68. The van der Waals surface area contributed by atoms with E-state index in [1.54, 1.807) is 4.31 Å². The van der Waals surface area contributed by atoms with Crippen LogP contribution in [-0.2, 0) is 10.0 Å². The Bertz CT molecular complexity index is 765. The fourth-order valence-corrected chi connectivity index (χ4v) is 6.90. The summed E-state index contributed by atoms with van der Waals surface area (Å²) in [7, 11) is -2.31. The molecule has 7 heteroatoms. The van der Waals surface area contributed by atoms with E-state index in [9.17, 15) is 12.8 Å². The van der Waals surface area contributed by atoms with Gasteiger partial charge in [0.1, 0.15) is 0 Å².